The molecule has 2 amide bonds. The van der Waals surface area contributed by atoms with Crippen LogP contribution in [0.1, 0.15) is 10.4 Å². The minimum Gasteiger partial charge on any atom is -0.497 e. The average molecular weight is 453 g/mol. The summed E-state index contributed by atoms with van der Waals surface area (Å²) >= 11 is 0. The Morgan fingerprint density at radius 2 is 1.58 bits per heavy atom. The summed E-state index contributed by atoms with van der Waals surface area (Å²) in [6.45, 7) is -0.334. The molecule has 3 rings (SSSR count). The molecule has 0 fully saturated rings. The molecule has 1 heterocycles. The van der Waals surface area contributed by atoms with E-state index in [-0.39, 0.29) is 23.8 Å². The normalized spacial score (nSPS) is 9.97. The van der Waals surface area contributed by atoms with Gasteiger partial charge in [0.15, 0.2) is 6.61 Å². The monoisotopic (exact) mass is 453 g/mol. The number of para-hydroxylation sites is 1. The molecule has 0 aliphatic heterocycles. The van der Waals surface area contributed by atoms with Gasteiger partial charge in [-0.25, -0.2) is 9.97 Å². The minimum atomic E-state index is -0.767. The van der Waals surface area contributed by atoms with E-state index in [1.54, 1.807) is 42.5 Å². The number of benzene rings is 2. The third kappa shape index (κ3) is 6.27. The lowest BCUT2D eigenvalue weighted by Gasteiger charge is -2.12. The molecule has 13 heteroatoms. The number of nitro groups is 1. The van der Waals surface area contributed by atoms with Crippen LogP contribution < -0.4 is 31.2 Å². The van der Waals surface area contributed by atoms with Crippen LogP contribution in [0.25, 0.3) is 0 Å². The van der Waals surface area contributed by atoms with Gasteiger partial charge >= 0.3 is 5.69 Å². The highest BCUT2D eigenvalue weighted by Gasteiger charge is 2.24. The molecule has 0 radical (unpaired) electrons. The van der Waals surface area contributed by atoms with Crippen molar-refractivity contribution in [3.63, 3.8) is 0 Å². The zero-order chi connectivity index (χ0) is 23.6. The molecule has 3 aromatic rings. The van der Waals surface area contributed by atoms with E-state index in [1.165, 1.54) is 19.2 Å². The van der Waals surface area contributed by atoms with Crippen molar-refractivity contribution in [1.29, 1.82) is 0 Å². The van der Waals surface area contributed by atoms with Crippen molar-refractivity contribution in [2.45, 2.75) is 0 Å². The maximum Gasteiger partial charge on any atom is 0.356 e. The SMILES string of the molecule is COc1ccc(C(=O)NNc2ncnc(NNC(=O)COc3ccccc3)c2[N+](=O)[O-])cc1. The first-order chi connectivity index (χ1) is 16.0. The molecule has 1 aromatic heterocycles. The average Bonchev–Trinajstić information content (AvgIpc) is 2.85. The molecule has 0 bridgehead atoms. The van der Waals surface area contributed by atoms with Gasteiger partial charge in [-0.3, -0.25) is 41.4 Å². The number of carbonyl (C=O) groups is 2. The van der Waals surface area contributed by atoms with Gasteiger partial charge in [0.1, 0.15) is 17.8 Å². The number of anilines is 2. The number of aromatic nitrogens is 2. The van der Waals surface area contributed by atoms with E-state index in [4.69, 9.17) is 9.47 Å². The Labute approximate surface area is 187 Å². The number of amides is 2. The largest absolute Gasteiger partial charge is 0.497 e. The van der Waals surface area contributed by atoms with Gasteiger partial charge in [-0.05, 0) is 36.4 Å². The lowest BCUT2D eigenvalue weighted by atomic mass is 10.2. The summed E-state index contributed by atoms with van der Waals surface area (Å²) in [5.74, 6) is -0.712. The van der Waals surface area contributed by atoms with Gasteiger partial charge in [0, 0.05) is 5.56 Å². The third-order valence-corrected chi connectivity index (χ3v) is 4.08. The van der Waals surface area contributed by atoms with Gasteiger partial charge in [-0.15, -0.1) is 0 Å². The maximum atomic E-state index is 12.3. The van der Waals surface area contributed by atoms with Crippen molar-refractivity contribution in [2.75, 3.05) is 24.6 Å². The molecule has 170 valence electrons. The summed E-state index contributed by atoms with van der Waals surface area (Å²) in [4.78, 5) is 42.6. The van der Waals surface area contributed by atoms with Crippen LogP contribution in [0.4, 0.5) is 17.3 Å². The van der Waals surface area contributed by atoms with Crippen LogP contribution >= 0.6 is 0 Å². The van der Waals surface area contributed by atoms with Crippen molar-refractivity contribution in [1.82, 2.24) is 20.8 Å². The van der Waals surface area contributed by atoms with Crippen LogP contribution in [0.3, 0.4) is 0 Å². The summed E-state index contributed by atoms with van der Waals surface area (Å²) in [5.41, 5.74) is 9.02. The Morgan fingerprint density at radius 3 is 2.18 bits per heavy atom. The number of carbonyl (C=O) groups excluding carboxylic acids is 2. The smallest absolute Gasteiger partial charge is 0.356 e. The van der Waals surface area contributed by atoms with Crippen LogP contribution in [-0.4, -0.2) is 40.4 Å². The number of hydrazine groups is 2. The number of nitrogens with one attached hydrogen (secondary N) is 4. The van der Waals surface area contributed by atoms with E-state index in [9.17, 15) is 19.7 Å². The highest BCUT2D eigenvalue weighted by atomic mass is 16.6. The lowest BCUT2D eigenvalue weighted by Crippen LogP contribution is -2.34. The zero-order valence-electron chi connectivity index (χ0n) is 17.3. The molecule has 0 unspecified atom stereocenters. The fourth-order valence-electron chi connectivity index (χ4n) is 2.50. The summed E-state index contributed by atoms with van der Waals surface area (Å²) in [6.07, 6.45) is 1.02. The molecule has 0 saturated carbocycles. The molecule has 13 nitrogen and oxygen atoms in total. The Hall–Kier alpha value is -4.94. The van der Waals surface area contributed by atoms with Gasteiger partial charge in [0.25, 0.3) is 11.8 Å². The third-order valence-electron chi connectivity index (χ3n) is 4.08. The van der Waals surface area contributed by atoms with Crippen LogP contribution in [0, 0.1) is 10.1 Å². The maximum absolute atomic E-state index is 12.3. The fraction of sp³-hybridized carbons (Fsp3) is 0.100. The number of ether oxygens (including phenoxy) is 2. The molecule has 33 heavy (non-hydrogen) atoms. The Bertz CT molecular complexity index is 1130. The van der Waals surface area contributed by atoms with Crippen molar-refractivity contribution < 1.29 is 24.0 Å². The first-order valence-corrected chi connectivity index (χ1v) is 9.40. The molecule has 0 atom stereocenters. The minimum absolute atomic E-state index is 0.282. The summed E-state index contributed by atoms with van der Waals surface area (Å²) in [7, 11) is 1.50. The first kappa shape index (κ1) is 22.7. The zero-order valence-corrected chi connectivity index (χ0v) is 17.3. The lowest BCUT2D eigenvalue weighted by molar-refractivity contribution is -0.383. The van der Waals surface area contributed by atoms with Crippen molar-refractivity contribution in [3.8, 4) is 11.5 Å². The number of nitrogens with zero attached hydrogens (tertiary/aromatic N) is 3. The second-order valence-electron chi connectivity index (χ2n) is 6.26. The van der Waals surface area contributed by atoms with Crippen LogP contribution in [0.15, 0.2) is 60.9 Å². The number of hydrogen-bond acceptors (Lipinski definition) is 10. The van der Waals surface area contributed by atoms with Crippen LogP contribution in [0.5, 0.6) is 11.5 Å². The predicted molar refractivity (Wildman–Crippen MR) is 116 cm³/mol. The summed E-state index contributed by atoms with van der Waals surface area (Å²) in [6, 6.07) is 14.9. The molecule has 2 aromatic carbocycles. The molecular formula is C20H19N7O6. The molecule has 4 N–H and O–H groups in total. The van der Waals surface area contributed by atoms with Gasteiger partial charge in [-0.1, -0.05) is 18.2 Å². The molecular weight excluding hydrogens is 434 g/mol. The number of methoxy groups -OCH3 is 1. The van der Waals surface area contributed by atoms with Crippen molar-refractivity contribution in [2.24, 2.45) is 0 Å². The quantitative estimate of drug-likeness (QED) is 0.261. The molecule has 0 aliphatic rings. The highest BCUT2D eigenvalue weighted by Crippen LogP contribution is 2.27. The summed E-state index contributed by atoms with van der Waals surface area (Å²) in [5, 5.41) is 11.6. The Morgan fingerprint density at radius 1 is 0.939 bits per heavy atom. The van der Waals surface area contributed by atoms with E-state index >= 15 is 0 Å². The van der Waals surface area contributed by atoms with E-state index in [0.29, 0.717) is 11.5 Å². The second kappa shape index (κ2) is 10.9. The summed E-state index contributed by atoms with van der Waals surface area (Å²) < 4.78 is 10.3. The van der Waals surface area contributed by atoms with Crippen LogP contribution in [-0.2, 0) is 4.79 Å². The second-order valence-corrected chi connectivity index (χ2v) is 6.26. The molecule has 0 saturated heterocycles. The Kier molecular flexibility index (Phi) is 7.51. The van der Waals surface area contributed by atoms with Gasteiger partial charge in [0.05, 0.1) is 12.0 Å². The van der Waals surface area contributed by atoms with Gasteiger partial charge in [-0.2, -0.15) is 0 Å². The van der Waals surface area contributed by atoms with E-state index in [0.717, 1.165) is 6.33 Å². The predicted octanol–water partition coefficient (Wildman–Crippen LogP) is 1.67. The fourth-order valence-corrected chi connectivity index (χ4v) is 2.50. The number of rotatable bonds is 10. The molecule has 0 spiro atoms. The highest BCUT2D eigenvalue weighted by molar-refractivity contribution is 5.95. The van der Waals surface area contributed by atoms with E-state index in [1.807, 2.05) is 0 Å². The van der Waals surface area contributed by atoms with E-state index in [2.05, 4.69) is 31.7 Å². The van der Waals surface area contributed by atoms with Crippen molar-refractivity contribution in [3.05, 3.63) is 76.6 Å². The molecule has 0 aliphatic carbocycles. The number of hydrogen-bond donors (Lipinski definition) is 4. The first-order valence-electron chi connectivity index (χ1n) is 9.40. The van der Waals surface area contributed by atoms with Gasteiger partial charge in [0.2, 0.25) is 11.6 Å². The van der Waals surface area contributed by atoms with E-state index < -0.39 is 22.4 Å². The van der Waals surface area contributed by atoms with Gasteiger partial charge < -0.3 is 9.47 Å². The topological polar surface area (TPSA) is 170 Å². The van der Waals surface area contributed by atoms with Crippen LogP contribution in [0.2, 0.25) is 0 Å². The standard InChI is InChI=1S/C20H19N7O6/c1-32-14-9-7-13(8-10-14)20(29)26-25-19-17(27(30)31)18(21-12-22-19)24-23-16(28)11-33-15-5-3-2-4-6-15/h2-10,12H,11H2,1H3,(H,23,28)(H,26,29)(H2,21,22,24,25). The Balaban J connectivity index is 1.62. The van der Waals surface area contributed by atoms with Crippen molar-refractivity contribution >= 4 is 29.1 Å².